The average molecular weight is 234 g/mol. The zero-order valence-corrected chi connectivity index (χ0v) is 11.2. The highest BCUT2D eigenvalue weighted by Crippen LogP contribution is 2.11. The molecular weight excluding hydrogens is 212 g/mol. The van der Waals surface area contributed by atoms with Crippen molar-refractivity contribution in [2.45, 2.75) is 20.4 Å². The Morgan fingerprint density at radius 2 is 2.06 bits per heavy atom. The van der Waals surface area contributed by atoms with Crippen molar-refractivity contribution < 1.29 is 4.79 Å². The molecule has 0 saturated carbocycles. The van der Waals surface area contributed by atoms with Gasteiger partial charge in [0.15, 0.2) is 0 Å². The normalized spacial score (nSPS) is 12.2. The monoisotopic (exact) mass is 234 g/mol. The lowest BCUT2D eigenvalue weighted by Gasteiger charge is -2.22. The highest BCUT2D eigenvalue weighted by molar-refractivity contribution is 5.78. The van der Waals surface area contributed by atoms with Gasteiger partial charge in [0.1, 0.15) is 0 Å². The van der Waals surface area contributed by atoms with E-state index in [1.54, 1.807) is 4.90 Å². The zero-order chi connectivity index (χ0) is 12.8. The molecule has 0 spiro atoms. The lowest BCUT2D eigenvalue weighted by Crippen LogP contribution is -2.35. The van der Waals surface area contributed by atoms with Crippen molar-refractivity contribution in [1.29, 1.82) is 0 Å². The highest BCUT2D eigenvalue weighted by Gasteiger charge is 2.16. The first-order valence-corrected chi connectivity index (χ1v) is 6.00. The average Bonchev–Trinajstić information content (AvgIpc) is 2.31. The van der Waals surface area contributed by atoms with Gasteiger partial charge in [0.05, 0.1) is 0 Å². The summed E-state index contributed by atoms with van der Waals surface area (Å²) in [5.74, 6) is 0.205. The number of nitrogens with zero attached hydrogens (tertiary/aromatic N) is 1. The largest absolute Gasteiger partial charge is 0.341 e. The Morgan fingerprint density at radius 3 is 2.65 bits per heavy atom. The van der Waals surface area contributed by atoms with E-state index in [2.05, 4.69) is 24.4 Å². The van der Waals surface area contributed by atoms with Gasteiger partial charge in [-0.05, 0) is 25.1 Å². The van der Waals surface area contributed by atoms with Gasteiger partial charge < -0.3 is 10.2 Å². The van der Waals surface area contributed by atoms with Crippen molar-refractivity contribution >= 4 is 5.91 Å². The molecule has 3 nitrogen and oxygen atoms in total. The number of rotatable bonds is 5. The second kappa shape index (κ2) is 6.40. The van der Waals surface area contributed by atoms with Crippen molar-refractivity contribution in [3.63, 3.8) is 0 Å². The van der Waals surface area contributed by atoms with Gasteiger partial charge in [-0.2, -0.15) is 0 Å². The summed E-state index contributed by atoms with van der Waals surface area (Å²) in [6.45, 7) is 5.42. The van der Waals surface area contributed by atoms with E-state index in [0.717, 1.165) is 6.54 Å². The fraction of sp³-hybridized carbons (Fsp3) is 0.500. The SMILES string of the molecule is CNCC(C)C(=O)N(C)Cc1ccccc1C. The lowest BCUT2D eigenvalue weighted by molar-refractivity contribution is -0.134. The Morgan fingerprint density at radius 1 is 1.41 bits per heavy atom. The molecule has 0 heterocycles. The minimum absolute atomic E-state index is 0.0222. The molecule has 1 aromatic rings. The molecule has 1 aromatic carbocycles. The summed E-state index contributed by atoms with van der Waals surface area (Å²) in [4.78, 5) is 13.8. The first kappa shape index (κ1) is 13.7. The standard InChI is InChI=1S/C14H22N2O/c1-11-7-5-6-8-13(11)10-16(4)14(17)12(2)9-15-3/h5-8,12,15H,9-10H2,1-4H3. The number of amides is 1. The van der Waals surface area contributed by atoms with Crippen LogP contribution in [0.3, 0.4) is 0 Å². The van der Waals surface area contributed by atoms with Crippen LogP contribution in [0.2, 0.25) is 0 Å². The van der Waals surface area contributed by atoms with Gasteiger partial charge in [0.2, 0.25) is 5.91 Å². The van der Waals surface area contributed by atoms with Gasteiger partial charge in [0.25, 0.3) is 0 Å². The predicted octanol–water partition coefficient (Wildman–Crippen LogP) is 1.81. The smallest absolute Gasteiger partial charge is 0.226 e. The number of hydrogen-bond acceptors (Lipinski definition) is 2. The predicted molar refractivity (Wildman–Crippen MR) is 70.7 cm³/mol. The summed E-state index contributed by atoms with van der Waals surface area (Å²) in [7, 11) is 3.73. The number of carbonyl (C=O) groups is 1. The van der Waals surface area contributed by atoms with E-state index < -0.39 is 0 Å². The number of hydrogen-bond donors (Lipinski definition) is 1. The summed E-state index contributed by atoms with van der Waals surface area (Å²) in [6, 6.07) is 8.18. The third-order valence-electron chi connectivity index (χ3n) is 2.98. The van der Waals surface area contributed by atoms with E-state index in [1.807, 2.05) is 33.2 Å². The Labute approximate surface area is 104 Å². The Bertz CT molecular complexity index is 376. The maximum absolute atomic E-state index is 12.0. The van der Waals surface area contributed by atoms with E-state index in [9.17, 15) is 4.79 Å². The molecule has 3 heteroatoms. The lowest BCUT2D eigenvalue weighted by atomic mass is 10.1. The maximum atomic E-state index is 12.0. The van der Waals surface area contributed by atoms with Gasteiger partial charge in [0, 0.05) is 26.1 Å². The van der Waals surface area contributed by atoms with E-state index in [-0.39, 0.29) is 11.8 Å². The Hall–Kier alpha value is -1.35. The number of benzene rings is 1. The van der Waals surface area contributed by atoms with Crippen molar-refractivity contribution in [3.8, 4) is 0 Å². The van der Waals surface area contributed by atoms with Crippen LogP contribution in [0.5, 0.6) is 0 Å². The molecule has 1 atom stereocenters. The fourth-order valence-corrected chi connectivity index (χ4v) is 1.89. The molecule has 0 saturated heterocycles. The Balaban J connectivity index is 2.63. The molecule has 1 amide bonds. The third kappa shape index (κ3) is 3.86. The van der Waals surface area contributed by atoms with Gasteiger partial charge >= 0.3 is 0 Å². The van der Waals surface area contributed by atoms with E-state index in [0.29, 0.717) is 6.54 Å². The first-order valence-electron chi connectivity index (χ1n) is 6.00. The zero-order valence-electron chi connectivity index (χ0n) is 11.2. The molecular formula is C14H22N2O. The van der Waals surface area contributed by atoms with Crippen LogP contribution < -0.4 is 5.32 Å². The Kier molecular flexibility index (Phi) is 5.16. The number of nitrogens with one attached hydrogen (secondary N) is 1. The fourth-order valence-electron chi connectivity index (χ4n) is 1.89. The molecule has 0 aliphatic rings. The number of aryl methyl sites for hydroxylation is 1. The van der Waals surface area contributed by atoms with Crippen molar-refractivity contribution in [2.75, 3.05) is 20.6 Å². The molecule has 94 valence electrons. The van der Waals surface area contributed by atoms with E-state index >= 15 is 0 Å². The van der Waals surface area contributed by atoms with Gasteiger partial charge in [-0.25, -0.2) is 0 Å². The minimum Gasteiger partial charge on any atom is -0.341 e. The second-order valence-electron chi connectivity index (χ2n) is 4.58. The van der Waals surface area contributed by atoms with Crippen LogP contribution in [-0.4, -0.2) is 31.4 Å². The molecule has 0 aromatic heterocycles. The van der Waals surface area contributed by atoms with E-state index in [4.69, 9.17) is 0 Å². The summed E-state index contributed by atoms with van der Waals surface area (Å²) in [5.41, 5.74) is 2.44. The molecule has 0 aliphatic carbocycles. The molecule has 1 rings (SSSR count). The van der Waals surface area contributed by atoms with Gasteiger partial charge in [-0.1, -0.05) is 31.2 Å². The summed E-state index contributed by atoms with van der Waals surface area (Å²) >= 11 is 0. The minimum atomic E-state index is 0.0222. The van der Waals surface area contributed by atoms with Crippen LogP contribution in [0.25, 0.3) is 0 Å². The van der Waals surface area contributed by atoms with Crippen LogP contribution >= 0.6 is 0 Å². The summed E-state index contributed by atoms with van der Waals surface area (Å²) < 4.78 is 0. The molecule has 1 N–H and O–H groups in total. The van der Waals surface area contributed by atoms with Crippen LogP contribution in [-0.2, 0) is 11.3 Å². The summed E-state index contributed by atoms with van der Waals surface area (Å²) in [6.07, 6.45) is 0. The highest BCUT2D eigenvalue weighted by atomic mass is 16.2. The van der Waals surface area contributed by atoms with Gasteiger partial charge in [-0.3, -0.25) is 4.79 Å². The molecule has 17 heavy (non-hydrogen) atoms. The first-order chi connectivity index (χ1) is 8.06. The van der Waals surface area contributed by atoms with Crippen LogP contribution in [0.1, 0.15) is 18.1 Å². The molecule has 0 bridgehead atoms. The van der Waals surface area contributed by atoms with Crippen molar-refractivity contribution in [1.82, 2.24) is 10.2 Å². The van der Waals surface area contributed by atoms with Gasteiger partial charge in [-0.15, -0.1) is 0 Å². The maximum Gasteiger partial charge on any atom is 0.226 e. The topological polar surface area (TPSA) is 32.3 Å². The van der Waals surface area contributed by atoms with E-state index in [1.165, 1.54) is 11.1 Å². The van der Waals surface area contributed by atoms with Crippen LogP contribution in [0.15, 0.2) is 24.3 Å². The quantitative estimate of drug-likeness (QED) is 0.842. The van der Waals surface area contributed by atoms with Crippen LogP contribution in [0.4, 0.5) is 0 Å². The molecule has 1 unspecified atom stereocenters. The molecule has 0 fully saturated rings. The number of carbonyl (C=O) groups excluding carboxylic acids is 1. The molecule has 0 aliphatic heterocycles. The summed E-state index contributed by atoms with van der Waals surface area (Å²) in [5, 5.41) is 3.03. The molecule has 0 radical (unpaired) electrons. The third-order valence-corrected chi connectivity index (χ3v) is 2.98. The second-order valence-corrected chi connectivity index (χ2v) is 4.58. The van der Waals surface area contributed by atoms with Crippen molar-refractivity contribution in [2.24, 2.45) is 5.92 Å². The van der Waals surface area contributed by atoms with Crippen LogP contribution in [0, 0.1) is 12.8 Å². The van der Waals surface area contributed by atoms with Crippen molar-refractivity contribution in [3.05, 3.63) is 35.4 Å².